The Labute approximate surface area is 126 Å². The molecule has 8 nitrogen and oxygen atoms in total. The summed E-state index contributed by atoms with van der Waals surface area (Å²) in [4.78, 5) is 19.9. The van der Waals surface area contributed by atoms with Crippen molar-refractivity contribution in [2.24, 2.45) is 0 Å². The van der Waals surface area contributed by atoms with Crippen LogP contribution in [0.15, 0.2) is 21.3 Å². The number of nitrogens with zero attached hydrogens (tertiary/aromatic N) is 4. The third-order valence-electron chi connectivity index (χ3n) is 2.53. The van der Waals surface area contributed by atoms with E-state index in [0.717, 1.165) is 0 Å². The van der Waals surface area contributed by atoms with E-state index in [1.54, 1.807) is 0 Å². The molecule has 0 radical (unpaired) electrons. The van der Waals surface area contributed by atoms with Crippen molar-refractivity contribution >= 4 is 17.4 Å². The fourth-order valence-electron chi connectivity index (χ4n) is 1.67. The zero-order valence-electron chi connectivity index (χ0n) is 12.3. The summed E-state index contributed by atoms with van der Waals surface area (Å²) in [5, 5.41) is 7.42. The van der Waals surface area contributed by atoms with Gasteiger partial charge in [0.2, 0.25) is 5.88 Å². The van der Waals surface area contributed by atoms with Crippen LogP contribution in [0.2, 0.25) is 0 Å². The van der Waals surface area contributed by atoms with Gasteiger partial charge in [0.25, 0.3) is 0 Å². The summed E-state index contributed by atoms with van der Waals surface area (Å²) in [5.41, 5.74) is 6.09. The van der Waals surface area contributed by atoms with Crippen LogP contribution in [0.4, 0.5) is 5.69 Å². The predicted molar refractivity (Wildman–Crippen MR) is 79.6 cm³/mol. The van der Waals surface area contributed by atoms with Crippen LogP contribution >= 0.6 is 11.8 Å². The van der Waals surface area contributed by atoms with Crippen molar-refractivity contribution in [3.8, 4) is 5.88 Å². The average molecular weight is 310 g/mol. The van der Waals surface area contributed by atoms with E-state index in [9.17, 15) is 4.79 Å². The first-order valence-electron chi connectivity index (χ1n) is 6.52. The minimum absolute atomic E-state index is 0.0202. The quantitative estimate of drug-likeness (QED) is 0.804. The van der Waals surface area contributed by atoms with E-state index < -0.39 is 0 Å². The van der Waals surface area contributed by atoms with Gasteiger partial charge in [-0.25, -0.2) is 14.9 Å². The van der Waals surface area contributed by atoms with E-state index in [-0.39, 0.29) is 17.8 Å². The van der Waals surface area contributed by atoms with Crippen LogP contribution in [0, 0.1) is 0 Å². The second kappa shape index (κ2) is 6.17. The van der Waals surface area contributed by atoms with Crippen LogP contribution in [0.1, 0.15) is 33.7 Å². The first kappa shape index (κ1) is 15.4. The summed E-state index contributed by atoms with van der Waals surface area (Å²) in [5.74, 6) is 0.330. The molecule has 21 heavy (non-hydrogen) atoms. The highest BCUT2D eigenvalue weighted by Crippen LogP contribution is 2.33. The van der Waals surface area contributed by atoms with E-state index in [1.807, 2.05) is 27.7 Å². The summed E-state index contributed by atoms with van der Waals surface area (Å²) in [6, 6.07) is -0.0202. The number of nitrogens with two attached hydrogens (primary N) is 1. The molecule has 0 fully saturated rings. The van der Waals surface area contributed by atoms with E-state index in [1.165, 1.54) is 22.7 Å². The molecule has 0 atom stereocenters. The lowest BCUT2D eigenvalue weighted by Crippen LogP contribution is -2.19. The maximum Gasteiger partial charge on any atom is 0.344 e. The summed E-state index contributed by atoms with van der Waals surface area (Å²) >= 11 is 1.20. The molecule has 0 aliphatic heterocycles. The normalized spacial score (nSPS) is 11.3. The molecule has 2 aromatic heterocycles. The number of anilines is 1. The molecule has 0 spiro atoms. The lowest BCUT2D eigenvalue weighted by Gasteiger charge is -2.13. The van der Waals surface area contributed by atoms with Crippen molar-refractivity contribution in [1.29, 1.82) is 0 Å². The molecule has 2 rings (SSSR count). The monoisotopic (exact) mass is 310 g/mol. The molecule has 0 unspecified atom stereocenters. The van der Waals surface area contributed by atoms with Gasteiger partial charge in [-0.1, -0.05) is 0 Å². The molecule has 0 aromatic carbocycles. The third kappa shape index (κ3) is 3.35. The number of nitrogens with one attached hydrogen (secondary N) is 1. The van der Waals surface area contributed by atoms with Crippen LogP contribution in [0.25, 0.3) is 0 Å². The largest absolute Gasteiger partial charge is 0.473 e. The van der Waals surface area contributed by atoms with Gasteiger partial charge in [-0.3, -0.25) is 4.57 Å². The number of H-pyrrole nitrogens is 1. The van der Waals surface area contributed by atoms with Crippen LogP contribution in [-0.4, -0.2) is 30.8 Å². The Hall–Kier alpha value is -2.03. The molecule has 2 heterocycles. The fourth-order valence-corrected chi connectivity index (χ4v) is 2.62. The van der Waals surface area contributed by atoms with Crippen LogP contribution in [0.5, 0.6) is 5.88 Å². The topological polar surface area (TPSA) is 112 Å². The second-order valence-corrected chi connectivity index (χ2v) is 5.90. The lowest BCUT2D eigenvalue weighted by atomic mass is 10.4. The fraction of sp³-hybridized carbons (Fsp3) is 0.500. The van der Waals surface area contributed by atoms with Gasteiger partial charge < -0.3 is 10.5 Å². The minimum atomic E-state index is -0.265. The molecule has 0 bridgehead atoms. The first-order valence-corrected chi connectivity index (χ1v) is 7.33. The van der Waals surface area contributed by atoms with Gasteiger partial charge in [0, 0.05) is 6.04 Å². The zero-order valence-corrected chi connectivity index (χ0v) is 13.1. The molecule has 2 aromatic rings. The van der Waals surface area contributed by atoms with Gasteiger partial charge in [-0.2, -0.15) is 4.98 Å². The Morgan fingerprint density at radius 1 is 1.33 bits per heavy atom. The highest BCUT2D eigenvalue weighted by Gasteiger charge is 2.17. The number of hydrogen-bond acceptors (Lipinski definition) is 7. The van der Waals surface area contributed by atoms with Gasteiger partial charge in [0.1, 0.15) is 17.0 Å². The number of aromatic nitrogens is 5. The first-order chi connectivity index (χ1) is 9.90. The third-order valence-corrected chi connectivity index (χ3v) is 3.52. The summed E-state index contributed by atoms with van der Waals surface area (Å²) in [6.07, 6.45) is 1.33. The lowest BCUT2D eigenvalue weighted by molar-refractivity contribution is 0.233. The number of nitrogen functional groups attached to an aromatic ring is 1. The van der Waals surface area contributed by atoms with Gasteiger partial charge in [-0.15, -0.1) is 5.10 Å². The van der Waals surface area contributed by atoms with Gasteiger partial charge in [0.05, 0.1) is 6.10 Å². The van der Waals surface area contributed by atoms with E-state index in [0.29, 0.717) is 21.7 Å². The van der Waals surface area contributed by atoms with Crippen molar-refractivity contribution in [2.45, 2.75) is 50.0 Å². The summed E-state index contributed by atoms with van der Waals surface area (Å²) in [7, 11) is 0. The van der Waals surface area contributed by atoms with Gasteiger partial charge >= 0.3 is 5.69 Å². The molecular formula is C12H18N6O2S. The number of rotatable bonds is 5. The predicted octanol–water partition coefficient (Wildman–Crippen LogP) is 1.46. The molecule has 114 valence electrons. The average Bonchev–Trinajstić information content (AvgIpc) is 2.75. The van der Waals surface area contributed by atoms with Crippen molar-refractivity contribution in [1.82, 2.24) is 24.7 Å². The van der Waals surface area contributed by atoms with E-state index >= 15 is 0 Å². The Bertz CT molecular complexity index is 679. The molecule has 0 saturated carbocycles. The smallest absolute Gasteiger partial charge is 0.344 e. The van der Waals surface area contributed by atoms with Gasteiger partial charge in [-0.05, 0) is 39.5 Å². The van der Waals surface area contributed by atoms with Crippen LogP contribution in [0.3, 0.4) is 0 Å². The Balaban J connectivity index is 2.34. The molecule has 0 amide bonds. The summed E-state index contributed by atoms with van der Waals surface area (Å²) in [6.45, 7) is 7.58. The minimum Gasteiger partial charge on any atom is -0.473 e. The molecular weight excluding hydrogens is 292 g/mol. The Morgan fingerprint density at radius 2 is 2.05 bits per heavy atom. The van der Waals surface area contributed by atoms with Crippen molar-refractivity contribution in [2.75, 3.05) is 5.73 Å². The maximum absolute atomic E-state index is 11.7. The molecule has 0 saturated heterocycles. The Morgan fingerprint density at radius 3 is 2.67 bits per heavy atom. The highest BCUT2D eigenvalue weighted by molar-refractivity contribution is 7.99. The Kier molecular flexibility index (Phi) is 4.51. The second-order valence-electron chi connectivity index (χ2n) is 4.94. The molecule has 9 heteroatoms. The number of aromatic amines is 1. The van der Waals surface area contributed by atoms with Gasteiger partial charge in [0.15, 0.2) is 5.16 Å². The SMILES string of the molecule is CC(C)Oc1ncnc(Sc2n[nH]c(=O)n2C(C)C)c1N. The zero-order chi connectivity index (χ0) is 15.6. The van der Waals surface area contributed by atoms with Crippen molar-refractivity contribution in [3.63, 3.8) is 0 Å². The standard InChI is InChI=1S/C12H18N6O2S/c1-6(2)18-11(19)16-17-12(18)21-10-8(13)9(14-5-15-10)20-7(3)4/h5-7H,13H2,1-4H3,(H,16,19). The number of ether oxygens (including phenoxy) is 1. The molecule has 0 aliphatic rings. The van der Waals surface area contributed by atoms with E-state index in [2.05, 4.69) is 20.2 Å². The van der Waals surface area contributed by atoms with Crippen LogP contribution in [-0.2, 0) is 0 Å². The number of hydrogen-bond donors (Lipinski definition) is 2. The molecule has 3 N–H and O–H groups in total. The van der Waals surface area contributed by atoms with E-state index in [4.69, 9.17) is 10.5 Å². The van der Waals surface area contributed by atoms with Crippen LogP contribution < -0.4 is 16.2 Å². The van der Waals surface area contributed by atoms with Crippen molar-refractivity contribution in [3.05, 3.63) is 16.8 Å². The summed E-state index contributed by atoms with van der Waals surface area (Å²) < 4.78 is 7.06. The molecule has 0 aliphatic carbocycles. The highest BCUT2D eigenvalue weighted by atomic mass is 32.2. The van der Waals surface area contributed by atoms with Crippen molar-refractivity contribution < 1.29 is 4.74 Å². The maximum atomic E-state index is 11.7.